The van der Waals surface area contributed by atoms with Gasteiger partial charge in [-0.1, -0.05) is 223 Å². The van der Waals surface area contributed by atoms with E-state index in [4.69, 9.17) is 19.2 Å². The third-order valence-electron chi connectivity index (χ3n) is 18.8. The van der Waals surface area contributed by atoms with Gasteiger partial charge in [0.25, 0.3) is 0 Å². The van der Waals surface area contributed by atoms with Crippen molar-refractivity contribution in [2.24, 2.45) is 34.5 Å². The summed E-state index contributed by atoms with van der Waals surface area (Å²) in [5.74, 6) is -3.17. The summed E-state index contributed by atoms with van der Waals surface area (Å²) in [7, 11) is 0. The summed E-state index contributed by atoms with van der Waals surface area (Å²) in [5.41, 5.74) is 0.767. The van der Waals surface area contributed by atoms with E-state index in [1.165, 1.54) is 56.8 Å². The second kappa shape index (κ2) is 67.0. The van der Waals surface area contributed by atoms with Gasteiger partial charge in [0, 0.05) is 30.1 Å². The van der Waals surface area contributed by atoms with Gasteiger partial charge in [-0.2, -0.15) is 0 Å². The van der Waals surface area contributed by atoms with Crippen LogP contribution in [-0.2, 0) is 33.4 Å². The van der Waals surface area contributed by atoms with Crippen LogP contribution >= 0.6 is 45.3 Å². The number of ketones is 2. The molecule has 103 heavy (non-hydrogen) atoms. The third-order valence-corrected chi connectivity index (χ3v) is 37.0. The van der Waals surface area contributed by atoms with Crippen LogP contribution in [0, 0.1) is 48.3 Å². The second-order valence-electron chi connectivity index (χ2n) is 26.3. The Kier molecular flexibility index (Phi) is 76.0. The van der Waals surface area contributed by atoms with E-state index in [9.17, 15) is 44.7 Å². The molecule has 18 heteroatoms. The van der Waals surface area contributed by atoms with E-state index in [1.54, 1.807) is 56.6 Å². The van der Waals surface area contributed by atoms with Crippen molar-refractivity contribution >= 4 is 96.9 Å². The number of carbonyl (C=O) groups excluding carboxylic acids is 4. The van der Waals surface area contributed by atoms with Crippen LogP contribution in [0.15, 0.2) is 37.6 Å². The van der Waals surface area contributed by atoms with Gasteiger partial charge in [0.1, 0.15) is 23.8 Å². The van der Waals surface area contributed by atoms with Crippen LogP contribution < -0.4 is 3.71 Å². The number of carbonyl (C=O) groups is 4. The first kappa shape index (κ1) is 117. The first-order valence-electron chi connectivity index (χ1n) is 39.9. The van der Waals surface area contributed by atoms with Crippen molar-refractivity contribution in [1.82, 2.24) is 9.97 Å². The number of hydrogen-bond donors (Lipinski definition) is 5. The Morgan fingerprint density at radius 1 is 0.612 bits per heavy atom. The van der Waals surface area contributed by atoms with Crippen LogP contribution in [0.5, 0.6) is 0 Å². The Morgan fingerprint density at radius 2 is 1.01 bits per heavy atom. The molecule has 5 rings (SSSR count). The Balaban J connectivity index is -0.000000203. The smallest absolute Gasteiger partial charge is 0.309 e. The number of epoxide rings is 1. The van der Waals surface area contributed by atoms with Gasteiger partial charge in [0.15, 0.2) is 0 Å². The quantitative estimate of drug-likeness (QED) is 0.0368. The number of thiazole rings is 2. The standard InChI is InChI=1S/C28H43NO6S.C23H37IO6.C4H4NS.3C4H9.8C2H6.2CH4.Sn/c1-8-28-11-9-10-16(2)25(32)18(4)26(33)27(6,7)22(30)14-24(31)34-21(13-23(28)35-28)17(3)12-20-15-36-19(5)29-20;1-14-7-6-8-17(13-25)9-10-18(15(2)12-24)30-20(27)11-19(26)23(4,5)22(29)16(3)21(14)28;1-4-5-2-3-6-4;3*1-3-4-2;8*1-2;;;/h12,15-16,18,21-23,25,30,32H,8-11,13-14H2,1-7H3;9,12,14,16,18-19,21,25-26,28H,6-8,10-11,13H2,1-5H3;3H,1H3;3*1,3-4H2,2H3;8*1-2H3;2*1H4;/b17-12+;15-12+,17-9+;;;;;;;;;;;;;;;/t16?,18?,21-,22?,23-,25-,28+;14?,16?,18-,19?,21-;;;;;;;;;;;;;;;/m00.............../s1. The predicted octanol–water partition coefficient (Wildman–Crippen LogP) is 23.6. The van der Waals surface area contributed by atoms with E-state index >= 15 is 0 Å². The Labute approximate surface area is 662 Å². The molecule has 612 valence electrons. The van der Waals surface area contributed by atoms with E-state index in [0.29, 0.717) is 25.7 Å². The molecule has 2 aromatic rings. The molecule has 2 saturated heterocycles. The molecular formula is C85H167IN2O12S2Sn. The fourth-order valence-electron chi connectivity index (χ4n) is 12.1. The molecule has 3 aliphatic rings. The van der Waals surface area contributed by atoms with Crippen LogP contribution in [0.4, 0.5) is 0 Å². The number of esters is 2. The zero-order chi connectivity index (χ0) is 80.0. The van der Waals surface area contributed by atoms with Crippen molar-refractivity contribution in [3.05, 3.63) is 53.3 Å². The average Bonchev–Trinajstić information content (AvgIpc) is 1.61. The molecule has 2 fully saturated rings. The van der Waals surface area contributed by atoms with Gasteiger partial charge < -0.3 is 39.7 Å². The topological polar surface area (TPSA) is 226 Å². The van der Waals surface area contributed by atoms with Crippen molar-refractivity contribution in [2.45, 2.75) is 407 Å². The zero-order valence-corrected chi connectivity index (χ0v) is 77.4. The van der Waals surface area contributed by atoms with Crippen LogP contribution in [0.2, 0.25) is 13.3 Å². The molecule has 6 unspecified atom stereocenters. The average molecular weight is 1720 g/mol. The van der Waals surface area contributed by atoms with E-state index < -0.39 is 89.6 Å². The maximum Gasteiger partial charge on any atom is 0.309 e. The van der Waals surface area contributed by atoms with Crippen LogP contribution in [0.25, 0.3) is 6.08 Å². The molecule has 0 aliphatic carbocycles. The van der Waals surface area contributed by atoms with Gasteiger partial charge in [0.2, 0.25) is 0 Å². The van der Waals surface area contributed by atoms with Crippen LogP contribution in [0.1, 0.15) is 347 Å². The maximum absolute atomic E-state index is 13.3. The van der Waals surface area contributed by atoms with Crippen molar-refractivity contribution < 1.29 is 58.9 Å². The molecule has 3 aliphatic heterocycles. The van der Waals surface area contributed by atoms with Crippen molar-refractivity contribution in [3.63, 3.8) is 0 Å². The SMILES string of the molecule is C.C.C/C(=C\I)[C@@H]1C/C=C(/CO)CCCC(C)[C@H](O)C(C)C(=O)C(C)(C)C(O)CC(=O)O1.CC.CC.CC.CC.CC.CC.CC.CC.CCC[CH2][Sn]([CH2]CCC)([CH2]CCC)[c]1csc(C)n1.CC[C@@]12CCCC(C)[C@H](O)C(C)C(=O)C(C)(C)C(O)CC(=O)O[C@H](/C(C)=C/c3csc(C)n3)C[C@@H]1O2. The number of hydrogen-bond acceptors (Lipinski definition) is 16. The van der Waals surface area contributed by atoms with Gasteiger partial charge in [-0.25, -0.2) is 4.98 Å². The van der Waals surface area contributed by atoms with Crippen LogP contribution in [-0.4, -0.2) is 132 Å². The predicted molar refractivity (Wildman–Crippen MR) is 461 cm³/mol. The zero-order valence-electron chi connectivity index (χ0n) is 70.8. The molecule has 0 saturated carbocycles. The molecule has 0 aromatic carbocycles. The number of fused-ring (bicyclic) bond motifs is 1. The maximum atomic E-state index is 13.3. The number of halogens is 1. The number of ether oxygens (including phenoxy) is 3. The summed E-state index contributed by atoms with van der Waals surface area (Å²) < 4.78 is 25.8. The molecule has 5 N–H and O–H groups in total. The third kappa shape index (κ3) is 42.2. The summed E-state index contributed by atoms with van der Waals surface area (Å²) >= 11 is 3.35. The molecule has 14 nitrogen and oxygen atoms in total. The van der Waals surface area contributed by atoms with Gasteiger partial charge in [-0.3, -0.25) is 19.2 Å². The van der Waals surface area contributed by atoms with E-state index in [1.807, 2.05) is 178 Å². The summed E-state index contributed by atoms with van der Waals surface area (Å²) in [6.07, 6.45) is 12.9. The number of aliphatic hydroxyl groups is 5. The van der Waals surface area contributed by atoms with Gasteiger partial charge in [0.05, 0.1) is 77.1 Å². The number of rotatable bonds is 15. The number of cyclic esters (lactones) is 2. The van der Waals surface area contributed by atoms with Gasteiger partial charge >= 0.3 is 140 Å². The Hall–Kier alpha value is -1.95. The summed E-state index contributed by atoms with van der Waals surface area (Å²) in [6, 6.07) is 0. The molecule has 12 atom stereocenters. The molecule has 0 amide bonds. The molecule has 0 radical (unpaired) electrons. The number of aromatic nitrogens is 2. The van der Waals surface area contributed by atoms with Crippen molar-refractivity contribution in [3.8, 4) is 0 Å². The molecule has 5 heterocycles. The molecule has 0 spiro atoms. The van der Waals surface area contributed by atoms with E-state index in [-0.39, 0.29) is 69.4 Å². The van der Waals surface area contributed by atoms with E-state index in [2.05, 4.69) is 67.6 Å². The second-order valence-corrected chi connectivity index (χ2v) is 42.1. The number of unbranched alkanes of at least 4 members (excludes halogenated alkanes) is 3. The minimum absolute atomic E-state index is 0. The fourth-order valence-corrected chi connectivity index (χ4v) is 31.0. The Morgan fingerprint density at radius 3 is 1.37 bits per heavy atom. The van der Waals surface area contributed by atoms with Crippen molar-refractivity contribution in [2.75, 3.05) is 6.61 Å². The summed E-state index contributed by atoms with van der Waals surface area (Å²) in [4.78, 5) is 61.3. The number of aliphatic hydroxyl groups excluding tert-OH is 5. The monoisotopic (exact) mass is 1720 g/mol. The molecule has 2 aromatic heterocycles. The summed E-state index contributed by atoms with van der Waals surface area (Å²) in [6.45, 7) is 62.7. The van der Waals surface area contributed by atoms with Crippen LogP contribution in [0.3, 0.4) is 0 Å². The minimum Gasteiger partial charge on any atom is -0.458 e. The normalized spacial score (nSPS) is 25.7. The Bertz CT molecular complexity index is 2470. The van der Waals surface area contributed by atoms with Gasteiger partial charge in [-0.15, -0.1) is 11.3 Å². The first-order valence-corrected chi connectivity index (χ1v) is 50.4. The number of nitrogens with zero attached hydrogens (tertiary/aromatic N) is 2. The number of aryl methyl sites for hydroxylation is 2. The molecule has 0 bridgehead atoms. The molecular weight excluding hydrogens is 1550 g/mol. The largest absolute Gasteiger partial charge is 0.458 e. The van der Waals surface area contributed by atoms with E-state index in [0.717, 1.165) is 59.5 Å². The van der Waals surface area contributed by atoms with Gasteiger partial charge in [-0.05, 0) is 98.0 Å². The number of Topliss-reactive ketones (excluding diaryl/α,β-unsaturated/α-hetero) is 2. The first-order chi connectivity index (χ1) is 47.9. The fraction of sp³-hybridized carbons (Fsp3) is 0.812. The minimum atomic E-state index is -2.18. The summed E-state index contributed by atoms with van der Waals surface area (Å²) in [5, 5.41) is 59.4. The van der Waals surface area contributed by atoms with Crippen molar-refractivity contribution in [1.29, 1.82) is 0 Å².